The van der Waals surface area contributed by atoms with Gasteiger partial charge in [-0.25, -0.2) is 13.8 Å². The fourth-order valence-corrected chi connectivity index (χ4v) is 3.50. The number of hydrogen-bond donors (Lipinski definition) is 1. The Morgan fingerprint density at radius 2 is 1.91 bits per heavy atom. The molecule has 0 aliphatic heterocycles. The number of amides is 1. The smallest absolute Gasteiger partial charge is 0.260 e. The molecule has 0 unspecified atom stereocenters. The fourth-order valence-electron chi connectivity index (χ4n) is 2.59. The highest BCUT2D eigenvalue weighted by Crippen LogP contribution is 2.24. The van der Waals surface area contributed by atoms with Gasteiger partial charge in [-0.1, -0.05) is 12.1 Å². The number of nitrogens with one attached hydrogen (secondary N) is 1. The number of benzene rings is 1. The molecule has 6 nitrogen and oxygen atoms in total. The number of anilines is 1. The highest BCUT2D eigenvalue weighted by molar-refractivity contribution is 7.92. The van der Waals surface area contributed by atoms with Gasteiger partial charge < -0.3 is 0 Å². The summed E-state index contributed by atoms with van der Waals surface area (Å²) in [7, 11) is -3.57. The van der Waals surface area contributed by atoms with Crippen LogP contribution in [0.25, 0.3) is 0 Å². The molecule has 1 aliphatic carbocycles. The van der Waals surface area contributed by atoms with E-state index in [4.69, 9.17) is 0 Å². The number of aryl methyl sites for hydroxylation is 1. The van der Waals surface area contributed by atoms with Crippen LogP contribution in [0.2, 0.25) is 0 Å². The first-order valence-corrected chi connectivity index (χ1v) is 9.52. The first-order valence-electron chi connectivity index (χ1n) is 7.67. The van der Waals surface area contributed by atoms with Gasteiger partial charge in [0, 0.05) is 5.71 Å². The van der Waals surface area contributed by atoms with E-state index >= 15 is 0 Å². The Morgan fingerprint density at radius 3 is 2.52 bits per heavy atom. The molecule has 0 atom stereocenters. The zero-order chi connectivity index (χ0) is 17.0. The summed E-state index contributed by atoms with van der Waals surface area (Å²) in [6, 6.07) is 5.40. The van der Waals surface area contributed by atoms with E-state index in [1.807, 2.05) is 19.9 Å². The SMILES string of the molecule is Cc1cccc(N(CC(=O)NN=C2CCCC2)S(C)(=O)=O)c1C. The maximum absolute atomic E-state index is 12.1. The molecule has 0 aromatic heterocycles. The summed E-state index contributed by atoms with van der Waals surface area (Å²) >= 11 is 0. The molecule has 7 heteroatoms. The highest BCUT2D eigenvalue weighted by Gasteiger charge is 2.22. The van der Waals surface area contributed by atoms with Gasteiger partial charge in [0.2, 0.25) is 10.0 Å². The van der Waals surface area contributed by atoms with Crippen LogP contribution < -0.4 is 9.73 Å². The molecule has 126 valence electrons. The molecule has 1 fully saturated rings. The molecular weight excluding hydrogens is 314 g/mol. The van der Waals surface area contributed by atoms with Crippen molar-refractivity contribution in [1.29, 1.82) is 0 Å². The maximum Gasteiger partial charge on any atom is 0.260 e. The molecule has 1 aromatic carbocycles. The van der Waals surface area contributed by atoms with E-state index in [-0.39, 0.29) is 6.54 Å². The molecule has 0 heterocycles. The van der Waals surface area contributed by atoms with Crippen molar-refractivity contribution in [3.63, 3.8) is 0 Å². The summed E-state index contributed by atoms with van der Waals surface area (Å²) in [4.78, 5) is 12.1. The number of sulfonamides is 1. The van der Waals surface area contributed by atoms with Gasteiger partial charge in [0.15, 0.2) is 0 Å². The van der Waals surface area contributed by atoms with Gasteiger partial charge in [-0.2, -0.15) is 5.10 Å². The van der Waals surface area contributed by atoms with Crippen molar-refractivity contribution in [1.82, 2.24) is 5.43 Å². The summed E-state index contributed by atoms with van der Waals surface area (Å²) in [5.74, 6) is -0.435. The lowest BCUT2D eigenvalue weighted by molar-refractivity contribution is -0.119. The average Bonchev–Trinajstić information content (AvgIpc) is 2.98. The van der Waals surface area contributed by atoms with Gasteiger partial charge in [-0.05, 0) is 56.7 Å². The summed E-state index contributed by atoms with van der Waals surface area (Å²) in [6.45, 7) is 3.48. The minimum Gasteiger partial charge on any atom is -0.271 e. The summed E-state index contributed by atoms with van der Waals surface area (Å²) in [5.41, 5.74) is 5.78. The second-order valence-corrected chi connectivity index (χ2v) is 7.82. The number of nitrogens with zero attached hydrogens (tertiary/aromatic N) is 2. The van der Waals surface area contributed by atoms with Gasteiger partial charge >= 0.3 is 0 Å². The highest BCUT2D eigenvalue weighted by atomic mass is 32.2. The van der Waals surface area contributed by atoms with Crippen LogP contribution in [0.1, 0.15) is 36.8 Å². The van der Waals surface area contributed by atoms with Gasteiger partial charge in [0.1, 0.15) is 6.54 Å². The number of rotatable bonds is 5. The predicted octanol–water partition coefficient (Wildman–Crippen LogP) is 2.12. The molecule has 0 bridgehead atoms. The molecule has 1 aliphatic rings. The third-order valence-corrected chi connectivity index (χ3v) is 5.18. The summed E-state index contributed by atoms with van der Waals surface area (Å²) < 4.78 is 25.3. The van der Waals surface area contributed by atoms with Gasteiger partial charge in [0.05, 0.1) is 11.9 Å². The van der Waals surface area contributed by atoms with Crippen LogP contribution in [0.5, 0.6) is 0 Å². The van der Waals surface area contributed by atoms with Crippen LogP contribution in [-0.4, -0.2) is 32.8 Å². The third-order valence-electron chi connectivity index (χ3n) is 4.05. The topological polar surface area (TPSA) is 78.8 Å². The first-order chi connectivity index (χ1) is 10.8. The van der Waals surface area contributed by atoms with Crippen LogP contribution in [-0.2, 0) is 14.8 Å². The van der Waals surface area contributed by atoms with Gasteiger partial charge in [-0.15, -0.1) is 0 Å². The standard InChI is InChI=1S/C16H23N3O3S/c1-12-7-6-10-15(13(12)2)19(23(3,21)22)11-16(20)18-17-14-8-4-5-9-14/h6-7,10H,4-5,8-9,11H2,1-3H3,(H,18,20). The van der Waals surface area contributed by atoms with Crippen molar-refractivity contribution in [2.24, 2.45) is 5.10 Å². The van der Waals surface area contributed by atoms with E-state index < -0.39 is 15.9 Å². The Balaban J connectivity index is 2.18. The second kappa shape index (κ2) is 7.12. The zero-order valence-electron chi connectivity index (χ0n) is 13.8. The lowest BCUT2D eigenvalue weighted by Crippen LogP contribution is -2.39. The van der Waals surface area contributed by atoms with Crippen LogP contribution >= 0.6 is 0 Å². The number of carbonyl (C=O) groups excluding carboxylic acids is 1. The summed E-state index contributed by atoms with van der Waals surface area (Å²) in [5, 5.41) is 4.09. The Labute approximate surface area is 137 Å². The molecule has 0 radical (unpaired) electrons. The second-order valence-electron chi connectivity index (χ2n) is 5.91. The van der Waals surface area contributed by atoms with E-state index in [0.29, 0.717) is 5.69 Å². The Bertz CT molecular complexity index is 718. The van der Waals surface area contributed by atoms with E-state index in [1.165, 1.54) is 0 Å². The summed E-state index contributed by atoms with van der Waals surface area (Å²) in [6.07, 6.45) is 5.07. The molecule has 1 N–H and O–H groups in total. The molecule has 0 saturated heterocycles. The molecule has 1 amide bonds. The minimum atomic E-state index is -3.57. The molecular formula is C16H23N3O3S. The van der Waals surface area contributed by atoms with Crippen molar-refractivity contribution >= 4 is 27.3 Å². The number of hydrogen-bond acceptors (Lipinski definition) is 4. The Hall–Kier alpha value is -1.89. The monoisotopic (exact) mass is 337 g/mol. The van der Waals surface area contributed by atoms with Crippen molar-refractivity contribution in [3.8, 4) is 0 Å². The minimum absolute atomic E-state index is 0.278. The van der Waals surface area contributed by atoms with Crippen LogP contribution in [0, 0.1) is 13.8 Å². The average molecular weight is 337 g/mol. The zero-order valence-corrected chi connectivity index (χ0v) is 14.6. The van der Waals surface area contributed by atoms with Crippen molar-refractivity contribution < 1.29 is 13.2 Å². The van der Waals surface area contributed by atoms with Crippen LogP contribution in [0.15, 0.2) is 23.3 Å². The molecule has 1 aromatic rings. The number of carbonyl (C=O) groups is 1. The third kappa shape index (κ3) is 4.54. The fraction of sp³-hybridized carbons (Fsp3) is 0.500. The number of hydrazone groups is 1. The van der Waals surface area contributed by atoms with Crippen molar-refractivity contribution in [2.75, 3.05) is 17.1 Å². The molecule has 2 rings (SSSR count). The van der Waals surface area contributed by atoms with E-state index in [9.17, 15) is 13.2 Å². The predicted molar refractivity (Wildman–Crippen MR) is 92.2 cm³/mol. The van der Waals surface area contributed by atoms with Crippen LogP contribution in [0.3, 0.4) is 0 Å². The normalized spacial score (nSPS) is 14.7. The van der Waals surface area contributed by atoms with E-state index in [0.717, 1.165) is 53.1 Å². The molecule has 0 spiro atoms. The van der Waals surface area contributed by atoms with Gasteiger partial charge in [-0.3, -0.25) is 9.10 Å². The van der Waals surface area contributed by atoms with Crippen LogP contribution in [0.4, 0.5) is 5.69 Å². The van der Waals surface area contributed by atoms with Crippen molar-refractivity contribution in [3.05, 3.63) is 29.3 Å². The Morgan fingerprint density at radius 1 is 1.26 bits per heavy atom. The van der Waals surface area contributed by atoms with E-state index in [1.54, 1.807) is 12.1 Å². The maximum atomic E-state index is 12.1. The Kier molecular flexibility index (Phi) is 5.41. The van der Waals surface area contributed by atoms with Gasteiger partial charge in [0.25, 0.3) is 5.91 Å². The lowest BCUT2D eigenvalue weighted by atomic mass is 10.1. The largest absolute Gasteiger partial charge is 0.271 e. The van der Waals surface area contributed by atoms with E-state index in [2.05, 4.69) is 10.5 Å². The lowest BCUT2D eigenvalue weighted by Gasteiger charge is -2.24. The first kappa shape index (κ1) is 17.5. The molecule has 1 saturated carbocycles. The van der Waals surface area contributed by atoms with Crippen molar-refractivity contribution in [2.45, 2.75) is 39.5 Å². The quantitative estimate of drug-likeness (QED) is 0.836. The molecule has 23 heavy (non-hydrogen) atoms.